The SMILES string of the molecule is CS(N)(=O)=O.O=P(O)(O)O.c1cnc(N2CCCC2)nc1. The van der Waals surface area contributed by atoms with Crippen molar-refractivity contribution in [2.45, 2.75) is 12.8 Å². The average molecular weight is 342 g/mol. The molecule has 1 aromatic rings. The van der Waals surface area contributed by atoms with Gasteiger partial charge in [0.2, 0.25) is 16.0 Å². The van der Waals surface area contributed by atoms with Gasteiger partial charge >= 0.3 is 7.82 Å². The second-order valence-corrected chi connectivity index (χ2v) is 6.77. The lowest BCUT2D eigenvalue weighted by Crippen LogP contribution is -2.19. The molecule has 1 aromatic heterocycles. The zero-order valence-electron chi connectivity index (χ0n) is 11.4. The summed E-state index contributed by atoms with van der Waals surface area (Å²) >= 11 is 0. The lowest BCUT2D eigenvalue weighted by molar-refractivity contribution is 0.275. The molecule has 0 bridgehead atoms. The van der Waals surface area contributed by atoms with E-state index in [0.29, 0.717) is 0 Å². The van der Waals surface area contributed by atoms with Gasteiger partial charge in [-0.15, -0.1) is 0 Å². The maximum atomic E-state index is 9.41. The van der Waals surface area contributed by atoms with E-state index in [1.54, 1.807) is 12.4 Å². The van der Waals surface area contributed by atoms with E-state index in [0.717, 1.165) is 25.3 Å². The molecule has 5 N–H and O–H groups in total. The summed E-state index contributed by atoms with van der Waals surface area (Å²) in [7, 11) is -7.81. The summed E-state index contributed by atoms with van der Waals surface area (Å²) in [6, 6.07) is 1.85. The molecule has 1 saturated heterocycles. The summed E-state index contributed by atoms with van der Waals surface area (Å²) in [6.07, 6.45) is 7.07. The molecule has 2 rings (SSSR count). The number of aromatic nitrogens is 2. The van der Waals surface area contributed by atoms with Crippen LogP contribution in [0.15, 0.2) is 18.5 Å². The van der Waals surface area contributed by atoms with Crippen molar-refractivity contribution in [1.82, 2.24) is 9.97 Å². The Balaban J connectivity index is 0.000000340. The molecule has 1 aliphatic heterocycles. The van der Waals surface area contributed by atoms with Gasteiger partial charge < -0.3 is 19.6 Å². The van der Waals surface area contributed by atoms with Crippen molar-refractivity contribution in [2.24, 2.45) is 5.14 Å². The van der Waals surface area contributed by atoms with Crippen LogP contribution in [0.25, 0.3) is 0 Å². The number of primary sulfonamides is 1. The molecule has 0 saturated carbocycles. The molecular formula is C9H19N4O6PS. The molecule has 0 radical (unpaired) electrons. The third kappa shape index (κ3) is 16.8. The highest BCUT2D eigenvalue weighted by Crippen LogP contribution is 2.25. The molecule has 0 aromatic carbocycles. The van der Waals surface area contributed by atoms with Crippen molar-refractivity contribution >= 4 is 23.8 Å². The Hall–Kier alpha value is -1.10. The van der Waals surface area contributed by atoms with E-state index in [4.69, 9.17) is 19.2 Å². The van der Waals surface area contributed by atoms with Crippen molar-refractivity contribution in [3.63, 3.8) is 0 Å². The van der Waals surface area contributed by atoms with Crippen LogP contribution in [0.2, 0.25) is 0 Å². The fourth-order valence-corrected chi connectivity index (χ4v) is 1.37. The van der Waals surface area contributed by atoms with Gasteiger partial charge in [0.1, 0.15) is 0 Å². The van der Waals surface area contributed by atoms with Gasteiger partial charge in [-0.2, -0.15) is 0 Å². The second kappa shape index (κ2) is 9.03. The largest absolute Gasteiger partial charge is 0.466 e. The number of rotatable bonds is 1. The third-order valence-corrected chi connectivity index (χ3v) is 1.94. The maximum Gasteiger partial charge on any atom is 0.466 e. The number of phosphoric acid groups is 1. The van der Waals surface area contributed by atoms with E-state index < -0.39 is 17.8 Å². The molecule has 1 fully saturated rings. The van der Waals surface area contributed by atoms with E-state index in [1.807, 2.05) is 6.07 Å². The first-order valence-electron chi connectivity index (χ1n) is 5.75. The molecule has 0 atom stereocenters. The number of sulfonamides is 1. The summed E-state index contributed by atoms with van der Waals surface area (Å²) in [4.78, 5) is 32.1. The first kappa shape index (κ1) is 19.9. The first-order chi connectivity index (χ1) is 9.47. The van der Waals surface area contributed by atoms with Crippen LogP contribution in [0, 0.1) is 0 Å². The quantitative estimate of drug-likeness (QED) is 0.470. The van der Waals surface area contributed by atoms with Crippen LogP contribution < -0.4 is 10.0 Å². The summed E-state index contributed by atoms with van der Waals surface area (Å²) in [6.45, 7) is 2.23. The Kier molecular flexibility index (Phi) is 8.55. The Bertz CT molecular complexity index is 526. The molecule has 0 amide bonds. The van der Waals surface area contributed by atoms with Crippen molar-refractivity contribution in [1.29, 1.82) is 0 Å². The van der Waals surface area contributed by atoms with Crippen LogP contribution in [0.1, 0.15) is 12.8 Å². The molecular weight excluding hydrogens is 323 g/mol. The van der Waals surface area contributed by atoms with Gasteiger partial charge in [0.25, 0.3) is 0 Å². The van der Waals surface area contributed by atoms with E-state index >= 15 is 0 Å². The number of nitrogens with two attached hydrogens (primary N) is 1. The van der Waals surface area contributed by atoms with Crippen LogP contribution in [0.3, 0.4) is 0 Å². The molecule has 0 aliphatic carbocycles. The molecule has 0 unspecified atom stereocenters. The Morgan fingerprint density at radius 1 is 1.19 bits per heavy atom. The topological polar surface area (TPSA) is 167 Å². The molecule has 122 valence electrons. The van der Waals surface area contributed by atoms with E-state index in [1.165, 1.54) is 12.8 Å². The van der Waals surface area contributed by atoms with Crippen LogP contribution in [0.4, 0.5) is 5.95 Å². The molecule has 21 heavy (non-hydrogen) atoms. The normalized spacial score (nSPS) is 14.6. The summed E-state index contributed by atoms with van der Waals surface area (Å²) in [5.74, 6) is 0.880. The van der Waals surface area contributed by atoms with Crippen molar-refractivity contribution in [3.8, 4) is 0 Å². The zero-order chi connectivity index (χ0) is 16.5. The van der Waals surface area contributed by atoms with Gasteiger partial charge in [-0.25, -0.2) is 28.1 Å². The van der Waals surface area contributed by atoms with Crippen LogP contribution >= 0.6 is 7.82 Å². The van der Waals surface area contributed by atoms with Gasteiger partial charge in [-0.05, 0) is 18.9 Å². The monoisotopic (exact) mass is 342 g/mol. The number of hydrogen-bond acceptors (Lipinski definition) is 6. The Morgan fingerprint density at radius 2 is 1.52 bits per heavy atom. The second-order valence-electron chi connectivity index (χ2n) is 4.09. The molecule has 1 aliphatic rings. The Labute approximate surface area is 122 Å². The van der Waals surface area contributed by atoms with Crippen molar-refractivity contribution < 1.29 is 27.7 Å². The lowest BCUT2D eigenvalue weighted by atomic mass is 10.4. The number of hydrogen-bond donors (Lipinski definition) is 4. The van der Waals surface area contributed by atoms with Crippen LogP contribution in [0.5, 0.6) is 0 Å². The predicted molar refractivity (Wildman–Crippen MR) is 76.8 cm³/mol. The van der Waals surface area contributed by atoms with E-state index in [2.05, 4.69) is 20.0 Å². The van der Waals surface area contributed by atoms with Crippen LogP contribution in [-0.2, 0) is 14.6 Å². The Morgan fingerprint density at radius 3 is 1.86 bits per heavy atom. The summed E-state index contributed by atoms with van der Waals surface area (Å²) in [5.41, 5.74) is 0. The molecule has 12 heteroatoms. The fourth-order valence-electron chi connectivity index (χ4n) is 1.37. The van der Waals surface area contributed by atoms with Gasteiger partial charge in [0.05, 0.1) is 6.26 Å². The first-order valence-corrected chi connectivity index (χ1v) is 9.27. The molecule has 2 heterocycles. The lowest BCUT2D eigenvalue weighted by Gasteiger charge is -2.13. The summed E-state index contributed by atoms with van der Waals surface area (Å²) < 4.78 is 27.7. The van der Waals surface area contributed by atoms with Crippen LogP contribution in [-0.4, -0.2) is 52.4 Å². The van der Waals surface area contributed by atoms with E-state index in [9.17, 15) is 8.42 Å². The highest BCUT2D eigenvalue weighted by atomic mass is 32.2. The minimum atomic E-state index is -4.64. The van der Waals surface area contributed by atoms with E-state index in [-0.39, 0.29) is 0 Å². The smallest absolute Gasteiger partial charge is 0.341 e. The molecule has 0 spiro atoms. The standard InChI is InChI=1S/C8H11N3.CH5NO2S.H3O4P/c1-2-7-11(6-1)8-9-4-3-5-10-8;2*1-5(2,3)4/h3-5H,1-2,6-7H2;1H3,(H2,2,3,4);(H3,1,2,3,4). The molecule has 10 nitrogen and oxygen atoms in total. The highest BCUT2D eigenvalue weighted by molar-refractivity contribution is 7.88. The third-order valence-electron chi connectivity index (χ3n) is 1.94. The fraction of sp³-hybridized carbons (Fsp3) is 0.556. The predicted octanol–water partition coefficient (Wildman–Crippen LogP) is -0.947. The van der Waals surface area contributed by atoms with Crippen molar-refractivity contribution in [2.75, 3.05) is 24.2 Å². The highest BCUT2D eigenvalue weighted by Gasteiger charge is 2.13. The summed E-state index contributed by atoms with van der Waals surface area (Å²) in [5, 5.41) is 4.33. The van der Waals surface area contributed by atoms with Gasteiger partial charge in [-0.3, -0.25) is 0 Å². The minimum Gasteiger partial charge on any atom is -0.341 e. The zero-order valence-corrected chi connectivity index (χ0v) is 13.1. The maximum absolute atomic E-state index is 9.41. The minimum absolute atomic E-state index is 0.880. The van der Waals surface area contributed by atoms with Crippen molar-refractivity contribution in [3.05, 3.63) is 18.5 Å². The van der Waals surface area contributed by atoms with Gasteiger partial charge in [-0.1, -0.05) is 0 Å². The van der Waals surface area contributed by atoms with Gasteiger partial charge in [0, 0.05) is 25.5 Å². The number of nitrogens with zero attached hydrogens (tertiary/aromatic N) is 3. The number of anilines is 1. The average Bonchev–Trinajstić information content (AvgIpc) is 2.79. The van der Waals surface area contributed by atoms with Gasteiger partial charge in [0.15, 0.2) is 0 Å².